The molecule has 3 aliphatic heterocycles. The summed E-state index contributed by atoms with van der Waals surface area (Å²) < 4.78 is 13.4. The molecule has 40 heavy (non-hydrogen) atoms. The van der Waals surface area contributed by atoms with Crippen molar-refractivity contribution in [3.8, 4) is 11.5 Å². The van der Waals surface area contributed by atoms with Crippen molar-refractivity contribution < 1.29 is 23.9 Å². The summed E-state index contributed by atoms with van der Waals surface area (Å²) in [7, 11) is 1.59. The van der Waals surface area contributed by atoms with Crippen molar-refractivity contribution in [3.63, 3.8) is 0 Å². The Balaban J connectivity index is 1.40. The zero-order chi connectivity index (χ0) is 28.5. The van der Waals surface area contributed by atoms with E-state index in [1.165, 1.54) is 0 Å². The molecule has 3 aliphatic rings. The lowest BCUT2D eigenvalue weighted by Crippen LogP contribution is -2.41. The lowest BCUT2D eigenvalue weighted by atomic mass is 10.1. The van der Waals surface area contributed by atoms with Crippen LogP contribution in [0.15, 0.2) is 24.3 Å². The second-order valence-corrected chi connectivity index (χ2v) is 10.6. The maximum absolute atomic E-state index is 13.2. The van der Waals surface area contributed by atoms with Crippen LogP contribution in [0.1, 0.15) is 49.1 Å². The largest absolute Gasteiger partial charge is 0.493 e. The Bertz CT molecular complexity index is 1180. The molecular formula is C29H42N6O5. The number of aryl methyl sites for hydroxylation is 3. The summed E-state index contributed by atoms with van der Waals surface area (Å²) in [6, 6.07) is 7.34. The van der Waals surface area contributed by atoms with E-state index in [0.29, 0.717) is 69.9 Å². The van der Waals surface area contributed by atoms with Crippen LogP contribution in [0.3, 0.4) is 0 Å². The summed E-state index contributed by atoms with van der Waals surface area (Å²) in [4.78, 5) is 40.2. The minimum absolute atomic E-state index is 0.00499. The number of amides is 3. The van der Waals surface area contributed by atoms with Crippen LogP contribution in [0.2, 0.25) is 0 Å². The van der Waals surface area contributed by atoms with E-state index in [1.807, 2.05) is 43.0 Å². The second kappa shape index (κ2) is 14.2. The Hall–Kier alpha value is -3.60. The Morgan fingerprint density at radius 3 is 2.65 bits per heavy atom. The topological polar surface area (TPSA) is 127 Å². The Morgan fingerprint density at radius 2 is 1.88 bits per heavy atom. The van der Waals surface area contributed by atoms with Gasteiger partial charge in [-0.1, -0.05) is 6.07 Å². The highest BCUT2D eigenvalue weighted by atomic mass is 16.5. The Labute approximate surface area is 236 Å². The predicted octanol–water partition coefficient (Wildman–Crippen LogP) is 1.50. The van der Waals surface area contributed by atoms with Crippen molar-refractivity contribution in [3.05, 3.63) is 41.2 Å². The first-order valence-electron chi connectivity index (χ1n) is 14.2. The van der Waals surface area contributed by atoms with Crippen molar-refractivity contribution in [2.45, 2.75) is 71.1 Å². The standard InChI is InChI=1S/C29H42N6O5/c1-20-15-21(2)35(33-20)19-28(37)34-13-5-4-11-31-29(38)24-17-23(18-32-24)40-25-9-7-22(16-26(25)39-3)8-10-27(36)30-12-6-14-34/h7,9,15-16,23-24,32H,4-6,8,10-14,17-19H2,1-3H3,(H,30,36)(H,31,38)/t23-,24-/m0/s1. The number of hydrogen-bond donors (Lipinski definition) is 3. The number of carbonyl (C=O) groups is 3. The van der Waals surface area contributed by atoms with Gasteiger partial charge in [-0.25, -0.2) is 0 Å². The average molecular weight is 555 g/mol. The molecule has 1 fully saturated rings. The Morgan fingerprint density at radius 1 is 1.07 bits per heavy atom. The van der Waals surface area contributed by atoms with E-state index in [-0.39, 0.29) is 36.4 Å². The first kappa shape index (κ1) is 29.4. The van der Waals surface area contributed by atoms with Gasteiger partial charge in [-0.05, 0) is 63.3 Å². The van der Waals surface area contributed by atoms with E-state index < -0.39 is 0 Å². The van der Waals surface area contributed by atoms with E-state index in [9.17, 15) is 14.4 Å². The zero-order valence-electron chi connectivity index (χ0n) is 23.8. The molecule has 218 valence electrons. The van der Waals surface area contributed by atoms with Crippen LogP contribution in [-0.2, 0) is 27.3 Å². The fraction of sp³-hybridized carbons (Fsp3) is 0.586. The van der Waals surface area contributed by atoms with Gasteiger partial charge in [-0.15, -0.1) is 0 Å². The minimum Gasteiger partial charge on any atom is -0.493 e. The number of rotatable bonds is 3. The van der Waals surface area contributed by atoms with Crippen LogP contribution in [-0.4, -0.2) is 84.4 Å². The molecule has 11 heteroatoms. The summed E-state index contributed by atoms with van der Waals surface area (Å²) in [6.07, 6.45) is 3.50. The molecule has 2 atom stereocenters. The fourth-order valence-electron chi connectivity index (χ4n) is 5.17. The maximum Gasteiger partial charge on any atom is 0.244 e. The molecule has 2 aromatic rings. The van der Waals surface area contributed by atoms with Crippen molar-refractivity contribution in [1.82, 2.24) is 30.6 Å². The van der Waals surface area contributed by atoms with Gasteiger partial charge >= 0.3 is 0 Å². The van der Waals surface area contributed by atoms with Crippen molar-refractivity contribution in [1.29, 1.82) is 0 Å². The lowest BCUT2D eigenvalue weighted by molar-refractivity contribution is -0.132. The SMILES string of the molecule is COc1cc2ccc1O[C@@H]1CN[C@@H](C1)C(=O)NCCCCN(C(=O)Cn1nc(C)cc1C)CCCNC(=O)CC2. The number of nitrogens with one attached hydrogen (secondary N) is 3. The molecule has 4 bridgehead atoms. The van der Waals surface area contributed by atoms with Crippen LogP contribution in [0.5, 0.6) is 11.5 Å². The average Bonchev–Trinajstić information content (AvgIpc) is 3.53. The second-order valence-electron chi connectivity index (χ2n) is 10.6. The molecular weight excluding hydrogens is 512 g/mol. The third-order valence-corrected chi connectivity index (χ3v) is 7.39. The summed E-state index contributed by atoms with van der Waals surface area (Å²) >= 11 is 0. The number of ether oxygens (including phenoxy) is 2. The summed E-state index contributed by atoms with van der Waals surface area (Å²) in [5.41, 5.74) is 2.80. The molecule has 0 unspecified atom stereocenters. The van der Waals surface area contributed by atoms with Crippen molar-refractivity contribution >= 4 is 17.7 Å². The monoisotopic (exact) mass is 554 g/mol. The van der Waals surface area contributed by atoms with E-state index in [1.54, 1.807) is 11.8 Å². The predicted molar refractivity (Wildman–Crippen MR) is 150 cm³/mol. The van der Waals surface area contributed by atoms with E-state index in [0.717, 1.165) is 29.8 Å². The molecule has 4 heterocycles. The smallest absolute Gasteiger partial charge is 0.244 e. The first-order chi connectivity index (χ1) is 19.3. The molecule has 1 aromatic heterocycles. The summed E-state index contributed by atoms with van der Waals surface area (Å²) in [6.45, 7) is 6.74. The molecule has 0 aliphatic carbocycles. The lowest BCUT2D eigenvalue weighted by Gasteiger charge is -2.23. The Kier molecular flexibility index (Phi) is 10.4. The van der Waals surface area contributed by atoms with Crippen LogP contribution < -0.4 is 25.4 Å². The number of aromatic nitrogens is 2. The van der Waals surface area contributed by atoms with E-state index in [4.69, 9.17) is 9.47 Å². The molecule has 5 rings (SSSR count). The highest BCUT2D eigenvalue weighted by Gasteiger charge is 2.31. The molecule has 3 amide bonds. The van der Waals surface area contributed by atoms with Gasteiger partial charge in [0, 0.05) is 51.3 Å². The highest BCUT2D eigenvalue weighted by Crippen LogP contribution is 2.30. The number of carbonyl (C=O) groups excluding carboxylic acids is 3. The van der Waals surface area contributed by atoms with Gasteiger partial charge in [0.05, 0.1) is 18.8 Å². The van der Waals surface area contributed by atoms with Crippen LogP contribution in [0, 0.1) is 13.8 Å². The maximum atomic E-state index is 13.2. The number of hydrogen-bond acceptors (Lipinski definition) is 7. The van der Waals surface area contributed by atoms with Gasteiger partial charge in [-0.2, -0.15) is 5.10 Å². The molecule has 0 radical (unpaired) electrons. The van der Waals surface area contributed by atoms with Crippen molar-refractivity contribution in [2.75, 3.05) is 39.8 Å². The zero-order valence-corrected chi connectivity index (χ0v) is 23.8. The number of benzene rings is 1. The van der Waals surface area contributed by atoms with Crippen LogP contribution in [0.4, 0.5) is 0 Å². The summed E-state index contributed by atoms with van der Waals surface area (Å²) in [5, 5.41) is 13.7. The normalized spacial score (nSPS) is 21.5. The minimum atomic E-state index is -0.314. The number of methoxy groups -OCH3 is 1. The van der Waals surface area contributed by atoms with E-state index in [2.05, 4.69) is 21.0 Å². The molecule has 1 saturated heterocycles. The molecule has 0 spiro atoms. The highest BCUT2D eigenvalue weighted by molar-refractivity contribution is 5.82. The van der Waals surface area contributed by atoms with Gasteiger partial charge in [0.25, 0.3) is 0 Å². The van der Waals surface area contributed by atoms with Gasteiger partial charge in [0.15, 0.2) is 11.5 Å². The van der Waals surface area contributed by atoms with Crippen LogP contribution >= 0.6 is 0 Å². The molecule has 11 nitrogen and oxygen atoms in total. The third kappa shape index (κ3) is 8.20. The fourth-order valence-corrected chi connectivity index (χ4v) is 5.17. The quantitative estimate of drug-likeness (QED) is 0.525. The number of fused-ring (bicyclic) bond motifs is 15. The van der Waals surface area contributed by atoms with Gasteiger partial charge in [-0.3, -0.25) is 19.1 Å². The van der Waals surface area contributed by atoms with E-state index >= 15 is 0 Å². The molecule has 3 N–H and O–H groups in total. The van der Waals surface area contributed by atoms with Gasteiger partial charge in [0.2, 0.25) is 17.7 Å². The van der Waals surface area contributed by atoms with Gasteiger partial charge in [0.1, 0.15) is 12.6 Å². The van der Waals surface area contributed by atoms with Crippen LogP contribution in [0.25, 0.3) is 0 Å². The molecule has 1 aromatic carbocycles. The third-order valence-electron chi connectivity index (χ3n) is 7.39. The molecule has 0 saturated carbocycles. The number of nitrogens with zero attached hydrogens (tertiary/aromatic N) is 3. The summed E-state index contributed by atoms with van der Waals surface area (Å²) in [5.74, 6) is 1.17. The first-order valence-corrected chi connectivity index (χ1v) is 14.2. The van der Waals surface area contributed by atoms with Crippen molar-refractivity contribution in [2.24, 2.45) is 0 Å². The van der Waals surface area contributed by atoms with Gasteiger partial charge < -0.3 is 30.3 Å².